The Morgan fingerprint density at radius 3 is 2.60 bits per heavy atom. The van der Waals surface area contributed by atoms with Gasteiger partial charge in [0.25, 0.3) is 11.1 Å². The number of ether oxygens (including phenoxy) is 1. The van der Waals surface area contributed by atoms with Crippen LogP contribution in [0.4, 0.5) is 0 Å². The van der Waals surface area contributed by atoms with Crippen molar-refractivity contribution in [3.8, 4) is 5.19 Å². The molecule has 0 atom stereocenters. The molecule has 2 aromatic heterocycles. The number of thiazole rings is 1. The van der Waals surface area contributed by atoms with Crippen LogP contribution in [0, 0.1) is 0 Å². The molecular weight excluding hydrogens is 340 g/mol. The van der Waals surface area contributed by atoms with Crippen LogP contribution >= 0.6 is 11.3 Å². The molecular formula is C17H22N4O3S. The van der Waals surface area contributed by atoms with Crippen LogP contribution in [0.5, 0.6) is 5.19 Å². The lowest BCUT2D eigenvalue weighted by Crippen LogP contribution is -2.50. The first-order chi connectivity index (χ1) is 12.3. The molecule has 0 aliphatic carbocycles. The normalized spacial score (nSPS) is 20.7. The van der Waals surface area contributed by atoms with Gasteiger partial charge in [-0.05, 0) is 25.7 Å². The SMILES string of the molecule is O=C(c1ccno1)N1CCC(N2CCC(Oc3nccs3)CC2)CC1. The van der Waals surface area contributed by atoms with Gasteiger partial charge in [0.15, 0.2) is 0 Å². The molecule has 134 valence electrons. The highest BCUT2D eigenvalue weighted by Gasteiger charge is 2.31. The monoisotopic (exact) mass is 362 g/mol. The zero-order valence-electron chi connectivity index (χ0n) is 14.0. The summed E-state index contributed by atoms with van der Waals surface area (Å²) in [6.45, 7) is 3.66. The van der Waals surface area contributed by atoms with Gasteiger partial charge in [0.2, 0.25) is 5.76 Å². The molecule has 2 aliphatic heterocycles. The first-order valence-electron chi connectivity index (χ1n) is 8.80. The topological polar surface area (TPSA) is 71.7 Å². The number of rotatable bonds is 4. The highest BCUT2D eigenvalue weighted by atomic mass is 32.1. The number of hydrogen-bond acceptors (Lipinski definition) is 7. The van der Waals surface area contributed by atoms with Crippen molar-refractivity contribution in [3.05, 3.63) is 29.6 Å². The smallest absolute Gasteiger partial charge is 0.292 e. The third-order valence-corrected chi connectivity index (χ3v) is 5.73. The summed E-state index contributed by atoms with van der Waals surface area (Å²) in [6, 6.07) is 2.18. The fourth-order valence-electron chi connectivity index (χ4n) is 3.69. The van der Waals surface area contributed by atoms with Crippen LogP contribution in [-0.4, -0.2) is 64.2 Å². The fourth-order valence-corrected chi connectivity index (χ4v) is 4.24. The molecule has 2 saturated heterocycles. The van der Waals surface area contributed by atoms with Crippen LogP contribution < -0.4 is 4.74 Å². The quantitative estimate of drug-likeness (QED) is 0.831. The van der Waals surface area contributed by atoms with E-state index >= 15 is 0 Å². The summed E-state index contributed by atoms with van der Waals surface area (Å²) >= 11 is 1.55. The second kappa shape index (κ2) is 7.53. The summed E-state index contributed by atoms with van der Waals surface area (Å²) in [4.78, 5) is 20.9. The number of aromatic nitrogens is 2. The van der Waals surface area contributed by atoms with E-state index in [0.29, 0.717) is 11.8 Å². The third kappa shape index (κ3) is 3.85. The number of likely N-dealkylation sites (tertiary alicyclic amines) is 2. The highest BCUT2D eigenvalue weighted by molar-refractivity contribution is 7.11. The van der Waals surface area contributed by atoms with Gasteiger partial charge in [0.05, 0.1) is 6.20 Å². The van der Waals surface area contributed by atoms with Crippen LogP contribution in [0.2, 0.25) is 0 Å². The molecule has 0 bridgehead atoms. The molecule has 0 unspecified atom stereocenters. The standard InChI is InChI=1S/C17H22N4O3S/c22-16(15-1-6-19-24-15)21-8-2-13(3-9-21)20-10-4-14(5-11-20)23-17-18-7-12-25-17/h1,6-7,12-14H,2-5,8-11H2. The molecule has 2 fully saturated rings. The Morgan fingerprint density at radius 1 is 1.16 bits per heavy atom. The Balaban J connectivity index is 1.23. The van der Waals surface area contributed by atoms with Crippen molar-refractivity contribution in [2.75, 3.05) is 26.2 Å². The van der Waals surface area contributed by atoms with Gasteiger partial charge >= 0.3 is 0 Å². The van der Waals surface area contributed by atoms with E-state index in [2.05, 4.69) is 15.0 Å². The molecule has 4 heterocycles. The molecule has 8 heteroatoms. The molecule has 1 amide bonds. The zero-order valence-corrected chi connectivity index (χ0v) is 14.9. The Bertz CT molecular complexity index is 660. The first kappa shape index (κ1) is 16.5. The number of amides is 1. The van der Waals surface area contributed by atoms with Gasteiger partial charge in [-0.1, -0.05) is 16.5 Å². The maximum absolute atomic E-state index is 12.3. The largest absolute Gasteiger partial charge is 0.467 e. The van der Waals surface area contributed by atoms with Crippen molar-refractivity contribution >= 4 is 17.2 Å². The highest BCUT2D eigenvalue weighted by Crippen LogP contribution is 2.25. The number of nitrogens with zero attached hydrogens (tertiary/aromatic N) is 4. The Labute approximate surface area is 150 Å². The number of piperidine rings is 2. The maximum atomic E-state index is 12.3. The van der Waals surface area contributed by atoms with Gasteiger partial charge < -0.3 is 14.2 Å². The third-order valence-electron chi connectivity index (χ3n) is 5.07. The van der Waals surface area contributed by atoms with Gasteiger partial charge in [-0.25, -0.2) is 4.98 Å². The van der Waals surface area contributed by atoms with Crippen molar-refractivity contribution < 1.29 is 14.1 Å². The predicted octanol–water partition coefficient (Wildman–Crippen LogP) is 2.28. The van der Waals surface area contributed by atoms with Crippen LogP contribution in [0.1, 0.15) is 36.2 Å². The van der Waals surface area contributed by atoms with Crippen LogP contribution in [0.3, 0.4) is 0 Å². The molecule has 2 aliphatic rings. The summed E-state index contributed by atoms with van der Waals surface area (Å²) in [5, 5.41) is 6.33. The van der Waals surface area contributed by atoms with E-state index in [1.807, 2.05) is 10.3 Å². The minimum atomic E-state index is -0.0495. The number of carbonyl (C=O) groups excluding carboxylic acids is 1. The fraction of sp³-hybridized carbons (Fsp3) is 0.588. The minimum absolute atomic E-state index is 0.0495. The molecule has 4 rings (SSSR count). The zero-order chi connectivity index (χ0) is 17.1. The molecule has 0 saturated carbocycles. The Kier molecular flexibility index (Phi) is 4.98. The second-order valence-corrected chi connectivity index (χ2v) is 7.41. The van der Waals surface area contributed by atoms with Gasteiger partial charge in [0, 0.05) is 49.9 Å². The van der Waals surface area contributed by atoms with E-state index in [0.717, 1.165) is 57.1 Å². The molecule has 25 heavy (non-hydrogen) atoms. The number of hydrogen-bond donors (Lipinski definition) is 0. The van der Waals surface area contributed by atoms with Crippen molar-refractivity contribution in [2.45, 2.75) is 37.8 Å². The summed E-state index contributed by atoms with van der Waals surface area (Å²) in [5.41, 5.74) is 0. The molecule has 0 N–H and O–H groups in total. The summed E-state index contributed by atoms with van der Waals surface area (Å²) in [5.74, 6) is 0.283. The van der Waals surface area contributed by atoms with Gasteiger partial charge in [-0.3, -0.25) is 9.69 Å². The van der Waals surface area contributed by atoms with E-state index < -0.39 is 0 Å². The molecule has 0 aromatic carbocycles. The molecule has 0 radical (unpaired) electrons. The predicted molar refractivity (Wildman–Crippen MR) is 92.8 cm³/mol. The van der Waals surface area contributed by atoms with Crippen LogP contribution in [0.25, 0.3) is 0 Å². The average molecular weight is 362 g/mol. The number of carbonyl (C=O) groups is 1. The van der Waals surface area contributed by atoms with Gasteiger partial charge in [-0.2, -0.15) is 0 Å². The van der Waals surface area contributed by atoms with Crippen LogP contribution in [-0.2, 0) is 0 Å². The Hall–Kier alpha value is -1.93. The second-order valence-electron chi connectivity index (χ2n) is 6.55. The Morgan fingerprint density at radius 2 is 1.96 bits per heavy atom. The lowest BCUT2D eigenvalue weighted by atomic mass is 9.98. The lowest BCUT2D eigenvalue weighted by molar-refractivity contribution is 0.0406. The van der Waals surface area contributed by atoms with Gasteiger partial charge in [-0.15, -0.1) is 0 Å². The van der Waals surface area contributed by atoms with E-state index in [1.54, 1.807) is 23.6 Å². The summed E-state index contributed by atoms with van der Waals surface area (Å²) < 4.78 is 10.9. The average Bonchev–Trinajstić information content (AvgIpc) is 3.36. The van der Waals surface area contributed by atoms with Gasteiger partial charge in [0.1, 0.15) is 6.10 Å². The van der Waals surface area contributed by atoms with Crippen molar-refractivity contribution in [3.63, 3.8) is 0 Å². The van der Waals surface area contributed by atoms with E-state index in [9.17, 15) is 4.79 Å². The minimum Gasteiger partial charge on any atom is -0.467 e. The molecule has 7 nitrogen and oxygen atoms in total. The van der Waals surface area contributed by atoms with E-state index in [-0.39, 0.29) is 12.0 Å². The maximum Gasteiger partial charge on any atom is 0.292 e. The van der Waals surface area contributed by atoms with E-state index in [1.165, 1.54) is 6.20 Å². The molecule has 0 spiro atoms. The molecule has 2 aromatic rings. The van der Waals surface area contributed by atoms with E-state index in [4.69, 9.17) is 9.26 Å². The van der Waals surface area contributed by atoms with Crippen molar-refractivity contribution in [2.24, 2.45) is 0 Å². The van der Waals surface area contributed by atoms with Crippen molar-refractivity contribution in [1.82, 2.24) is 19.9 Å². The van der Waals surface area contributed by atoms with Crippen LogP contribution in [0.15, 0.2) is 28.4 Å². The first-order valence-corrected chi connectivity index (χ1v) is 9.68. The van der Waals surface area contributed by atoms with Crippen molar-refractivity contribution in [1.29, 1.82) is 0 Å². The summed E-state index contributed by atoms with van der Waals surface area (Å²) in [7, 11) is 0. The summed E-state index contributed by atoms with van der Waals surface area (Å²) in [6.07, 6.45) is 7.67. The lowest BCUT2D eigenvalue weighted by Gasteiger charge is -2.41.